The predicted molar refractivity (Wildman–Crippen MR) is 89.6 cm³/mol. The summed E-state index contributed by atoms with van der Waals surface area (Å²) in [4.78, 5) is 20.1. The van der Waals surface area contributed by atoms with Gasteiger partial charge >= 0.3 is 5.97 Å². The Labute approximate surface area is 142 Å². The quantitative estimate of drug-likeness (QED) is 0.603. The van der Waals surface area contributed by atoms with Crippen molar-refractivity contribution in [2.75, 3.05) is 12.9 Å². The number of aromatic nitrogens is 3. The van der Waals surface area contributed by atoms with E-state index in [1.54, 1.807) is 37.6 Å². The van der Waals surface area contributed by atoms with Crippen LogP contribution >= 0.6 is 0 Å². The molecule has 0 spiro atoms. The van der Waals surface area contributed by atoms with Gasteiger partial charge in [0, 0.05) is 24.3 Å². The maximum Gasteiger partial charge on any atom is 0.311 e. The van der Waals surface area contributed by atoms with Gasteiger partial charge in [-0.2, -0.15) is 0 Å². The third-order valence-corrected chi connectivity index (χ3v) is 4.45. The number of sulfone groups is 1. The first-order chi connectivity index (χ1) is 11.0. The smallest absolute Gasteiger partial charge is 0.311 e. The van der Waals surface area contributed by atoms with Crippen molar-refractivity contribution in [2.24, 2.45) is 5.41 Å². The summed E-state index contributed by atoms with van der Waals surface area (Å²) in [6, 6.07) is 0. The molecule has 2 aromatic heterocycles. The van der Waals surface area contributed by atoms with Gasteiger partial charge in [-0.25, -0.2) is 18.4 Å². The Kier molecular flexibility index (Phi) is 4.98. The SMILES string of the molecule is Cc1cnc2c(S(C)(=O)=O)nc(CCCOC(=O)C(C)(C)C)cn12. The van der Waals surface area contributed by atoms with E-state index in [4.69, 9.17) is 4.74 Å². The van der Waals surface area contributed by atoms with E-state index in [1.165, 1.54) is 0 Å². The van der Waals surface area contributed by atoms with Gasteiger partial charge in [0.2, 0.25) is 0 Å². The lowest BCUT2D eigenvalue weighted by molar-refractivity contribution is -0.153. The zero-order valence-corrected chi connectivity index (χ0v) is 15.5. The largest absolute Gasteiger partial charge is 0.465 e. The van der Waals surface area contributed by atoms with E-state index < -0.39 is 15.3 Å². The Bertz CT molecular complexity index is 863. The molecule has 0 radical (unpaired) electrons. The number of rotatable bonds is 5. The molecule has 0 N–H and O–H groups in total. The molecule has 0 aliphatic carbocycles. The van der Waals surface area contributed by atoms with Crippen LogP contribution in [0.25, 0.3) is 5.65 Å². The van der Waals surface area contributed by atoms with Crippen molar-refractivity contribution in [3.05, 3.63) is 23.8 Å². The molecule has 0 aliphatic rings. The second kappa shape index (κ2) is 6.51. The minimum absolute atomic E-state index is 0.0280. The maximum absolute atomic E-state index is 12.0. The average Bonchev–Trinajstić information content (AvgIpc) is 2.82. The molecule has 8 heteroatoms. The van der Waals surface area contributed by atoms with Crippen LogP contribution < -0.4 is 0 Å². The van der Waals surface area contributed by atoms with Gasteiger partial charge < -0.3 is 9.14 Å². The molecule has 0 saturated heterocycles. The number of imidazole rings is 1. The molecule has 0 aliphatic heterocycles. The second-order valence-corrected chi connectivity index (χ2v) is 8.82. The fourth-order valence-corrected chi connectivity index (χ4v) is 2.90. The number of carbonyl (C=O) groups excluding carboxylic acids is 1. The Morgan fingerprint density at radius 2 is 2.00 bits per heavy atom. The number of carbonyl (C=O) groups is 1. The van der Waals surface area contributed by atoms with Gasteiger partial charge in [0.25, 0.3) is 0 Å². The van der Waals surface area contributed by atoms with Gasteiger partial charge in [-0.05, 0) is 40.5 Å². The molecule has 0 saturated carbocycles. The summed E-state index contributed by atoms with van der Waals surface area (Å²) >= 11 is 0. The number of aryl methyl sites for hydroxylation is 2. The summed E-state index contributed by atoms with van der Waals surface area (Å²) in [5, 5.41) is -0.0280. The molecule has 0 bridgehead atoms. The molecule has 0 atom stereocenters. The highest BCUT2D eigenvalue weighted by Crippen LogP contribution is 2.18. The highest BCUT2D eigenvalue weighted by atomic mass is 32.2. The number of ether oxygens (including phenoxy) is 1. The molecular formula is C16H23N3O4S. The molecule has 2 aromatic rings. The summed E-state index contributed by atoms with van der Waals surface area (Å²) in [6.07, 6.45) is 5.58. The first kappa shape index (κ1) is 18.4. The highest BCUT2D eigenvalue weighted by Gasteiger charge is 2.23. The molecule has 2 heterocycles. The number of nitrogens with zero attached hydrogens (tertiary/aromatic N) is 3. The van der Waals surface area contributed by atoms with Crippen LogP contribution in [-0.2, 0) is 25.8 Å². The van der Waals surface area contributed by atoms with Gasteiger partial charge in [0.15, 0.2) is 20.5 Å². The van der Waals surface area contributed by atoms with Crippen LogP contribution in [0.5, 0.6) is 0 Å². The van der Waals surface area contributed by atoms with Crippen LogP contribution in [-0.4, -0.2) is 41.6 Å². The number of hydrogen-bond donors (Lipinski definition) is 0. The topological polar surface area (TPSA) is 90.6 Å². The van der Waals surface area contributed by atoms with Crippen LogP contribution in [0.2, 0.25) is 0 Å². The monoisotopic (exact) mass is 353 g/mol. The normalized spacial score (nSPS) is 12.5. The van der Waals surface area contributed by atoms with E-state index >= 15 is 0 Å². The summed E-state index contributed by atoms with van der Waals surface area (Å²) in [5.74, 6) is -0.256. The molecule has 7 nitrogen and oxygen atoms in total. The van der Waals surface area contributed by atoms with Gasteiger partial charge in [-0.3, -0.25) is 4.79 Å². The molecule has 0 aromatic carbocycles. The predicted octanol–water partition coefficient (Wildman–Crippen LogP) is 1.96. The van der Waals surface area contributed by atoms with Gasteiger partial charge in [-0.15, -0.1) is 0 Å². The molecule has 2 rings (SSSR count). The number of fused-ring (bicyclic) bond motifs is 1. The van der Waals surface area contributed by atoms with Crippen LogP contribution in [0.3, 0.4) is 0 Å². The lowest BCUT2D eigenvalue weighted by Crippen LogP contribution is -2.23. The highest BCUT2D eigenvalue weighted by molar-refractivity contribution is 7.90. The van der Waals surface area contributed by atoms with Crippen molar-refractivity contribution in [3.63, 3.8) is 0 Å². The number of hydrogen-bond acceptors (Lipinski definition) is 6. The summed E-state index contributed by atoms with van der Waals surface area (Å²) in [5.41, 5.74) is 1.25. The fourth-order valence-electron chi connectivity index (χ4n) is 2.13. The third-order valence-electron chi connectivity index (χ3n) is 3.47. The third kappa shape index (κ3) is 4.11. The standard InChI is InChI=1S/C16H23N3O4S/c1-11-9-17-13-14(24(5,21)22)18-12(10-19(11)13)7-6-8-23-15(20)16(2,3)4/h9-10H,6-8H2,1-5H3. The van der Waals surface area contributed by atoms with Crippen molar-refractivity contribution < 1.29 is 17.9 Å². The van der Waals surface area contributed by atoms with Crippen molar-refractivity contribution in [2.45, 2.75) is 45.6 Å². The lowest BCUT2D eigenvalue weighted by atomic mass is 9.97. The Morgan fingerprint density at radius 3 is 2.58 bits per heavy atom. The zero-order chi connectivity index (χ0) is 18.1. The van der Waals surface area contributed by atoms with Gasteiger partial charge in [0.1, 0.15) is 0 Å². The van der Waals surface area contributed by atoms with Gasteiger partial charge in [-0.1, -0.05) is 0 Å². The van der Waals surface area contributed by atoms with Crippen molar-refractivity contribution in [1.82, 2.24) is 14.4 Å². The molecule has 132 valence electrons. The summed E-state index contributed by atoms with van der Waals surface area (Å²) < 4.78 is 30.8. The summed E-state index contributed by atoms with van der Waals surface area (Å²) in [6.45, 7) is 7.51. The maximum atomic E-state index is 12.0. The van der Waals surface area contributed by atoms with Crippen LogP contribution in [0, 0.1) is 12.3 Å². The zero-order valence-electron chi connectivity index (χ0n) is 14.7. The van der Waals surface area contributed by atoms with Crippen molar-refractivity contribution in [3.8, 4) is 0 Å². The second-order valence-electron chi connectivity index (χ2n) is 6.89. The van der Waals surface area contributed by atoms with Crippen molar-refractivity contribution in [1.29, 1.82) is 0 Å². The molecular weight excluding hydrogens is 330 g/mol. The van der Waals surface area contributed by atoms with Crippen molar-refractivity contribution >= 4 is 21.5 Å². The minimum atomic E-state index is -3.48. The Morgan fingerprint density at radius 1 is 1.33 bits per heavy atom. The van der Waals surface area contributed by atoms with E-state index in [1.807, 2.05) is 6.92 Å². The average molecular weight is 353 g/mol. The van der Waals surface area contributed by atoms with E-state index in [0.29, 0.717) is 24.2 Å². The van der Waals surface area contributed by atoms with Crippen LogP contribution in [0.15, 0.2) is 17.4 Å². The fraction of sp³-hybridized carbons (Fsp3) is 0.562. The van der Waals surface area contributed by atoms with Crippen LogP contribution in [0.4, 0.5) is 0 Å². The first-order valence-corrected chi connectivity index (χ1v) is 9.60. The van der Waals surface area contributed by atoms with E-state index in [0.717, 1.165) is 11.9 Å². The number of esters is 1. The van der Waals surface area contributed by atoms with E-state index in [2.05, 4.69) is 9.97 Å². The molecule has 0 amide bonds. The van der Waals surface area contributed by atoms with E-state index in [9.17, 15) is 13.2 Å². The molecule has 0 fully saturated rings. The van der Waals surface area contributed by atoms with Gasteiger partial charge in [0.05, 0.1) is 17.7 Å². The van der Waals surface area contributed by atoms with Crippen LogP contribution in [0.1, 0.15) is 38.6 Å². The van der Waals surface area contributed by atoms with E-state index in [-0.39, 0.29) is 17.6 Å². The Balaban J connectivity index is 2.16. The lowest BCUT2D eigenvalue weighted by Gasteiger charge is -2.16. The molecule has 0 unspecified atom stereocenters. The summed E-state index contributed by atoms with van der Waals surface area (Å²) in [7, 11) is -3.48. The first-order valence-electron chi connectivity index (χ1n) is 7.71. The Hall–Kier alpha value is -1.96. The molecule has 24 heavy (non-hydrogen) atoms. The minimum Gasteiger partial charge on any atom is -0.465 e.